The maximum absolute atomic E-state index is 12.9. The second-order valence-corrected chi connectivity index (χ2v) is 8.19. The molecule has 0 fully saturated rings. The van der Waals surface area contributed by atoms with Gasteiger partial charge in [0.25, 0.3) is 6.43 Å². The van der Waals surface area contributed by atoms with Crippen molar-refractivity contribution in [1.29, 1.82) is 0 Å². The molecule has 1 heterocycles. The number of allylic oxidation sites excluding steroid dienone is 1. The molecule has 0 saturated carbocycles. The third kappa shape index (κ3) is 5.11. The van der Waals surface area contributed by atoms with E-state index >= 15 is 0 Å². The van der Waals surface area contributed by atoms with Crippen molar-refractivity contribution in [1.82, 2.24) is 9.71 Å². The Labute approximate surface area is 137 Å². The number of pyridine rings is 1. The molecule has 1 aromatic rings. The van der Waals surface area contributed by atoms with Crippen LogP contribution in [0.25, 0.3) is 0 Å². The van der Waals surface area contributed by atoms with Crippen molar-refractivity contribution in [2.45, 2.75) is 50.8 Å². The zero-order chi connectivity index (χ0) is 16.9. The Hall–Kier alpha value is -0.850. The molecule has 0 aromatic carbocycles. The molecule has 0 aliphatic carbocycles. The zero-order valence-corrected chi connectivity index (χ0v) is 14.5. The first-order valence-corrected chi connectivity index (χ1v) is 8.42. The monoisotopic (exact) mass is 350 g/mol. The van der Waals surface area contributed by atoms with Crippen LogP contribution in [0.2, 0.25) is 5.02 Å². The molecule has 0 amide bonds. The summed E-state index contributed by atoms with van der Waals surface area (Å²) in [5.74, 6) is 0. The third-order valence-electron chi connectivity index (χ3n) is 2.99. The van der Waals surface area contributed by atoms with Crippen molar-refractivity contribution in [2.75, 3.05) is 0 Å². The fourth-order valence-electron chi connectivity index (χ4n) is 1.77. The molecule has 0 saturated heterocycles. The molecule has 3 nitrogen and oxygen atoms in total. The molecular formula is C15H21ClF2N2OS. The highest BCUT2D eigenvalue weighted by Gasteiger charge is 2.26. The number of hydrogen-bond acceptors (Lipinski definition) is 2. The molecule has 0 radical (unpaired) electrons. The largest absolute Gasteiger partial charge is 0.281 e. The first-order chi connectivity index (χ1) is 10.2. The van der Waals surface area contributed by atoms with Crippen molar-refractivity contribution in [3.63, 3.8) is 0 Å². The zero-order valence-electron chi connectivity index (χ0n) is 12.9. The number of rotatable bonds is 7. The fourth-order valence-corrected chi connectivity index (χ4v) is 2.95. The topological polar surface area (TPSA) is 42.0 Å². The number of alkyl halides is 2. The summed E-state index contributed by atoms with van der Waals surface area (Å²) < 4.78 is 40.7. The molecule has 0 spiro atoms. The molecule has 1 rings (SSSR count). The lowest BCUT2D eigenvalue weighted by molar-refractivity contribution is 0.146. The summed E-state index contributed by atoms with van der Waals surface area (Å²) in [6, 6.07) is 1.17. The van der Waals surface area contributed by atoms with E-state index in [0.717, 1.165) is 0 Å². The summed E-state index contributed by atoms with van der Waals surface area (Å²) in [5.41, 5.74) is 0.0255. The highest BCUT2D eigenvalue weighted by molar-refractivity contribution is 7.84. The van der Waals surface area contributed by atoms with E-state index in [1.807, 2.05) is 20.8 Å². The van der Waals surface area contributed by atoms with Crippen LogP contribution in [0, 0.1) is 0 Å². The Kier molecular flexibility index (Phi) is 7.09. The summed E-state index contributed by atoms with van der Waals surface area (Å²) >= 11 is 6.07. The quantitative estimate of drug-likeness (QED) is 0.722. The van der Waals surface area contributed by atoms with E-state index in [0.29, 0.717) is 18.4 Å². The molecule has 2 atom stereocenters. The molecule has 22 heavy (non-hydrogen) atoms. The first-order valence-electron chi connectivity index (χ1n) is 6.89. The number of aromatic nitrogens is 1. The lowest BCUT2D eigenvalue weighted by Crippen LogP contribution is -2.36. The highest BCUT2D eigenvalue weighted by atomic mass is 35.5. The maximum atomic E-state index is 12.9. The molecule has 0 aliphatic heterocycles. The van der Waals surface area contributed by atoms with E-state index in [4.69, 9.17) is 11.6 Å². The first kappa shape index (κ1) is 19.2. The van der Waals surface area contributed by atoms with Crippen LogP contribution in [0.3, 0.4) is 0 Å². The summed E-state index contributed by atoms with van der Waals surface area (Å²) in [4.78, 5) is 3.62. The number of nitrogens with one attached hydrogen (secondary N) is 1. The van der Waals surface area contributed by atoms with Crippen LogP contribution in [0.5, 0.6) is 0 Å². The smallest absolute Gasteiger partial charge is 0.254 e. The van der Waals surface area contributed by atoms with Crippen molar-refractivity contribution in [3.8, 4) is 0 Å². The van der Waals surface area contributed by atoms with Gasteiger partial charge in [-0.2, -0.15) is 0 Å². The highest BCUT2D eigenvalue weighted by Crippen LogP contribution is 2.33. The Bertz CT molecular complexity index is 547. The van der Waals surface area contributed by atoms with Gasteiger partial charge in [0.15, 0.2) is 0 Å². The van der Waals surface area contributed by atoms with Crippen LogP contribution >= 0.6 is 11.6 Å². The van der Waals surface area contributed by atoms with Crippen LogP contribution in [-0.2, 0) is 11.0 Å². The predicted molar refractivity (Wildman–Crippen MR) is 87.4 cm³/mol. The van der Waals surface area contributed by atoms with Crippen molar-refractivity contribution in [3.05, 3.63) is 41.2 Å². The van der Waals surface area contributed by atoms with Gasteiger partial charge in [-0.1, -0.05) is 17.7 Å². The van der Waals surface area contributed by atoms with Gasteiger partial charge in [0.2, 0.25) is 0 Å². The van der Waals surface area contributed by atoms with E-state index in [2.05, 4.69) is 16.3 Å². The lowest BCUT2D eigenvalue weighted by atomic mass is 10.0. The molecular weight excluding hydrogens is 330 g/mol. The molecule has 7 heteroatoms. The molecule has 1 N–H and O–H groups in total. The number of halogens is 3. The average Bonchev–Trinajstić information content (AvgIpc) is 2.42. The Morgan fingerprint density at radius 2 is 2.14 bits per heavy atom. The van der Waals surface area contributed by atoms with Crippen molar-refractivity contribution < 1.29 is 13.0 Å². The number of nitrogens with zero attached hydrogens (tertiary/aromatic N) is 1. The van der Waals surface area contributed by atoms with Crippen LogP contribution < -0.4 is 4.72 Å². The minimum absolute atomic E-state index is 0.0787. The van der Waals surface area contributed by atoms with Crippen molar-refractivity contribution in [2.24, 2.45) is 0 Å². The molecule has 0 bridgehead atoms. The second kappa shape index (κ2) is 8.13. The van der Waals surface area contributed by atoms with Crippen LogP contribution in [-0.4, -0.2) is 13.9 Å². The van der Waals surface area contributed by atoms with Gasteiger partial charge in [-0.05, 0) is 45.2 Å². The summed E-state index contributed by atoms with van der Waals surface area (Å²) in [7, 11) is -1.35. The summed E-state index contributed by atoms with van der Waals surface area (Å²) in [6.07, 6.45) is 1.46. The van der Waals surface area contributed by atoms with Crippen LogP contribution in [0.1, 0.15) is 57.3 Å². The van der Waals surface area contributed by atoms with Gasteiger partial charge < -0.3 is 0 Å². The normalized spacial score (nSPS) is 14.9. The Balaban J connectivity index is 3.14. The minimum Gasteiger partial charge on any atom is -0.254 e. The van der Waals surface area contributed by atoms with Crippen LogP contribution in [0.15, 0.2) is 24.9 Å². The second-order valence-electron chi connectivity index (χ2n) is 5.82. The van der Waals surface area contributed by atoms with Gasteiger partial charge in [0.05, 0.1) is 20.8 Å². The van der Waals surface area contributed by atoms with E-state index in [1.54, 1.807) is 12.1 Å². The van der Waals surface area contributed by atoms with E-state index < -0.39 is 33.9 Å². The molecule has 124 valence electrons. The van der Waals surface area contributed by atoms with Gasteiger partial charge in [-0.15, -0.1) is 6.58 Å². The van der Waals surface area contributed by atoms with Gasteiger partial charge in [-0.3, -0.25) is 4.98 Å². The third-order valence-corrected chi connectivity index (χ3v) is 5.02. The average molecular weight is 351 g/mol. The Morgan fingerprint density at radius 1 is 1.50 bits per heavy atom. The minimum atomic E-state index is -2.75. The van der Waals surface area contributed by atoms with Gasteiger partial charge in [0.1, 0.15) is 5.69 Å². The fraction of sp³-hybridized carbons (Fsp3) is 0.533. The molecule has 0 aliphatic rings. The van der Waals surface area contributed by atoms with E-state index in [-0.39, 0.29) is 5.02 Å². The van der Waals surface area contributed by atoms with Gasteiger partial charge >= 0.3 is 0 Å². The molecule has 1 aromatic heterocycles. The Morgan fingerprint density at radius 3 is 2.64 bits per heavy atom. The predicted octanol–water partition coefficient (Wildman–Crippen LogP) is 4.73. The van der Waals surface area contributed by atoms with Crippen LogP contribution in [0.4, 0.5) is 8.78 Å². The lowest BCUT2D eigenvalue weighted by Gasteiger charge is -2.25. The van der Waals surface area contributed by atoms with Gasteiger partial charge in [-0.25, -0.2) is 17.7 Å². The number of hydrogen-bond donors (Lipinski definition) is 1. The summed E-state index contributed by atoms with van der Waals surface area (Å²) in [5, 5.41) is -0.0787. The molecule has 0 unspecified atom stereocenters. The standard InChI is InChI=1S/C15H21ClF2N2OS/c1-5-6-7-11(20-22(21)15(2,3)4)10-8-9-19-13(12(10)16)14(17)18/h5,8-9,11,14,20H,1,6-7H2,2-4H3/t11-,22+/m1/s1. The van der Waals surface area contributed by atoms with Crippen molar-refractivity contribution >= 4 is 22.6 Å². The van der Waals surface area contributed by atoms with E-state index in [9.17, 15) is 13.0 Å². The van der Waals surface area contributed by atoms with Gasteiger partial charge in [0, 0.05) is 12.2 Å². The van der Waals surface area contributed by atoms with E-state index in [1.165, 1.54) is 6.20 Å². The maximum Gasteiger partial charge on any atom is 0.281 e. The summed E-state index contributed by atoms with van der Waals surface area (Å²) in [6.45, 7) is 9.15. The SMILES string of the molecule is C=CCC[C@@H](N[S@@](=O)C(C)(C)C)c1ccnc(C(F)F)c1Cl.